The summed E-state index contributed by atoms with van der Waals surface area (Å²) in [5, 5.41) is 5.04. The van der Waals surface area contributed by atoms with E-state index in [2.05, 4.69) is 44.1 Å². The molecule has 0 aromatic carbocycles. The van der Waals surface area contributed by atoms with E-state index in [1.165, 1.54) is 19.3 Å². The van der Waals surface area contributed by atoms with Gasteiger partial charge in [0.15, 0.2) is 0 Å². The van der Waals surface area contributed by atoms with Crippen molar-refractivity contribution in [2.45, 2.75) is 57.4 Å². The summed E-state index contributed by atoms with van der Waals surface area (Å²) in [4.78, 5) is 13.0. The van der Waals surface area contributed by atoms with E-state index < -0.39 is 0 Å². The van der Waals surface area contributed by atoms with E-state index in [-0.39, 0.29) is 11.0 Å². The number of alkyl halides is 2. The van der Waals surface area contributed by atoms with Crippen molar-refractivity contribution in [2.75, 3.05) is 10.7 Å². The van der Waals surface area contributed by atoms with Gasteiger partial charge in [-0.2, -0.15) is 0 Å². The summed E-state index contributed by atoms with van der Waals surface area (Å²) in [7, 11) is 0. The maximum absolute atomic E-state index is 13.0. The molecule has 0 aromatic heterocycles. The van der Waals surface area contributed by atoms with Crippen molar-refractivity contribution in [1.29, 1.82) is 0 Å². The Hall–Kier alpha value is 0.430. The van der Waals surface area contributed by atoms with Crippen LogP contribution in [0.1, 0.15) is 51.9 Å². The predicted octanol–water partition coefficient (Wildman–Crippen LogP) is 4.26. The van der Waals surface area contributed by atoms with Gasteiger partial charge in [0.2, 0.25) is 5.91 Å². The highest BCUT2D eigenvalue weighted by atomic mass is 79.9. The van der Waals surface area contributed by atoms with Gasteiger partial charge in [0, 0.05) is 16.1 Å². The van der Waals surface area contributed by atoms with E-state index in [9.17, 15) is 4.79 Å². The summed E-state index contributed by atoms with van der Waals surface area (Å²) in [6, 6.07) is 0. The predicted molar refractivity (Wildman–Crippen MR) is 89.4 cm³/mol. The molecule has 4 aliphatic rings. The summed E-state index contributed by atoms with van der Waals surface area (Å²) in [5.41, 5.74) is -0.153. The highest BCUT2D eigenvalue weighted by Crippen LogP contribution is 2.60. The number of carbonyl (C=O) groups is 1. The van der Waals surface area contributed by atoms with Crippen LogP contribution >= 0.6 is 31.9 Å². The molecule has 4 rings (SSSR count). The quantitative estimate of drug-likeness (QED) is 0.679. The third kappa shape index (κ3) is 2.49. The number of nitrogens with one attached hydrogen (secondary N) is 1. The van der Waals surface area contributed by atoms with Crippen LogP contribution in [0, 0.1) is 23.2 Å². The second-order valence-corrected chi connectivity index (χ2v) is 8.67. The SMILES string of the molecule is CCC(CBr)(CBr)NC(=O)C12CC3CC(CC(C3)C1)C2. The molecular weight excluding hydrogens is 382 g/mol. The van der Waals surface area contributed by atoms with Crippen LogP contribution in [0.4, 0.5) is 0 Å². The van der Waals surface area contributed by atoms with E-state index in [0.29, 0.717) is 5.91 Å². The van der Waals surface area contributed by atoms with Crippen LogP contribution in [0.15, 0.2) is 0 Å². The van der Waals surface area contributed by atoms with Gasteiger partial charge >= 0.3 is 0 Å². The van der Waals surface area contributed by atoms with Crippen LogP contribution in [0.5, 0.6) is 0 Å². The van der Waals surface area contributed by atoms with Gasteiger partial charge in [0.25, 0.3) is 0 Å². The van der Waals surface area contributed by atoms with Gasteiger partial charge in [0.1, 0.15) is 0 Å². The van der Waals surface area contributed by atoms with Crippen LogP contribution in [0.25, 0.3) is 0 Å². The van der Waals surface area contributed by atoms with Crippen molar-refractivity contribution >= 4 is 37.8 Å². The first-order valence-electron chi connectivity index (χ1n) is 7.99. The van der Waals surface area contributed by atoms with Crippen LogP contribution in [0.3, 0.4) is 0 Å². The largest absolute Gasteiger partial charge is 0.349 e. The third-order valence-corrected chi connectivity index (χ3v) is 8.23. The maximum Gasteiger partial charge on any atom is 0.226 e. The fourth-order valence-electron chi connectivity index (χ4n) is 5.14. The van der Waals surface area contributed by atoms with Crippen LogP contribution < -0.4 is 5.32 Å². The van der Waals surface area contributed by atoms with Crippen LogP contribution in [-0.2, 0) is 4.79 Å². The molecule has 4 saturated carbocycles. The summed E-state index contributed by atoms with van der Waals surface area (Å²) in [6.45, 7) is 2.16. The highest BCUT2D eigenvalue weighted by Gasteiger charge is 2.55. The number of amides is 1. The molecule has 0 unspecified atom stereocenters. The average Bonchev–Trinajstić information content (AvgIpc) is 2.43. The number of hydrogen-bond acceptors (Lipinski definition) is 1. The zero-order chi connectivity index (χ0) is 14.4. The number of rotatable bonds is 5. The number of carbonyl (C=O) groups excluding carboxylic acids is 1. The van der Waals surface area contributed by atoms with E-state index in [4.69, 9.17) is 0 Å². The van der Waals surface area contributed by atoms with Crippen molar-refractivity contribution in [3.63, 3.8) is 0 Å². The lowest BCUT2D eigenvalue weighted by Gasteiger charge is -2.56. The Morgan fingerprint density at radius 3 is 1.90 bits per heavy atom. The normalized spacial score (nSPS) is 39.0. The molecule has 2 nitrogen and oxygen atoms in total. The molecule has 4 heteroatoms. The van der Waals surface area contributed by atoms with Crippen molar-refractivity contribution < 1.29 is 4.79 Å². The summed E-state index contributed by atoms with van der Waals surface area (Å²) in [5.74, 6) is 2.83. The van der Waals surface area contributed by atoms with Crippen molar-refractivity contribution in [1.82, 2.24) is 5.32 Å². The van der Waals surface area contributed by atoms with Crippen molar-refractivity contribution in [3.8, 4) is 0 Å². The lowest BCUT2D eigenvalue weighted by Crippen LogP contribution is -2.60. The Balaban J connectivity index is 1.77. The maximum atomic E-state index is 13.0. The van der Waals surface area contributed by atoms with E-state index in [1.807, 2.05) is 0 Å². The highest BCUT2D eigenvalue weighted by molar-refractivity contribution is 9.09. The van der Waals surface area contributed by atoms with E-state index in [1.54, 1.807) is 0 Å². The van der Waals surface area contributed by atoms with Gasteiger partial charge in [-0.1, -0.05) is 38.8 Å². The minimum absolute atomic E-state index is 0.0283. The second kappa shape index (κ2) is 5.57. The molecular formula is C16H25Br2NO. The molecule has 0 spiro atoms. The number of halogens is 2. The standard InChI is InChI=1S/C16H25Br2NO/c1-2-16(9-17,10-18)19-14(20)15-6-11-3-12(7-15)5-13(4-11)8-15/h11-13H,2-10H2,1H3,(H,19,20). The van der Waals surface area contributed by atoms with E-state index in [0.717, 1.165) is 54.1 Å². The Morgan fingerprint density at radius 1 is 1.10 bits per heavy atom. The molecule has 0 heterocycles. The summed E-state index contributed by atoms with van der Waals surface area (Å²) < 4.78 is 0. The van der Waals surface area contributed by atoms with Gasteiger partial charge in [-0.3, -0.25) is 4.79 Å². The molecule has 0 aromatic rings. The average molecular weight is 407 g/mol. The van der Waals surface area contributed by atoms with Gasteiger partial charge < -0.3 is 5.32 Å². The lowest BCUT2D eigenvalue weighted by molar-refractivity contribution is -0.147. The minimum Gasteiger partial charge on any atom is -0.349 e. The van der Waals surface area contributed by atoms with Crippen LogP contribution in [0.2, 0.25) is 0 Å². The Kier molecular flexibility index (Phi) is 4.27. The molecule has 1 N–H and O–H groups in total. The first kappa shape index (κ1) is 15.3. The van der Waals surface area contributed by atoms with Crippen LogP contribution in [-0.4, -0.2) is 22.1 Å². The topological polar surface area (TPSA) is 29.1 Å². The van der Waals surface area contributed by atoms with E-state index >= 15 is 0 Å². The lowest BCUT2D eigenvalue weighted by atomic mass is 9.49. The fourth-order valence-corrected chi connectivity index (χ4v) is 7.14. The molecule has 4 bridgehead atoms. The molecule has 0 saturated heterocycles. The second-order valence-electron chi connectivity index (χ2n) is 7.55. The summed E-state index contributed by atoms with van der Waals surface area (Å²) in [6.07, 6.45) is 8.58. The zero-order valence-corrected chi connectivity index (χ0v) is 15.4. The molecule has 0 atom stereocenters. The Morgan fingerprint density at radius 2 is 1.55 bits per heavy atom. The molecule has 4 aliphatic carbocycles. The van der Waals surface area contributed by atoms with Crippen molar-refractivity contribution in [2.24, 2.45) is 23.2 Å². The summed E-state index contributed by atoms with van der Waals surface area (Å²) >= 11 is 7.17. The molecule has 0 aliphatic heterocycles. The Labute approximate surface area is 139 Å². The Bertz CT molecular complexity index is 348. The fraction of sp³-hybridized carbons (Fsp3) is 0.938. The molecule has 4 fully saturated rings. The molecule has 114 valence electrons. The third-order valence-electron chi connectivity index (χ3n) is 6.09. The van der Waals surface area contributed by atoms with Gasteiger partial charge in [0.05, 0.1) is 5.54 Å². The monoisotopic (exact) mass is 405 g/mol. The number of hydrogen-bond donors (Lipinski definition) is 1. The molecule has 0 radical (unpaired) electrons. The zero-order valence-electron chi connectivity index (χ0n) is 12.3. The minimum atomic E-state index is -0.125. The van der Waals surface area contributed by atoms with Crippen molar-refractivity contribution in [3.05, 3.63) is 0 Å². The van der Waals surface area contributed by atoms with Gasteiger partial charge in [-0.25, -0.2) is 0 Å². The first-order valence-corrected chi connectivity index (χ1v) is 10.2. The first-order chi connectivity index (χ1) is 9.54. The van der Waals surface area contributed by atoms with Gasteiger partial charge in [-0.05, 0) is 62.7 Å². The smallest absolute Gasteiger partial charge is 0.226 e. The van der Waals surface area contributed by atoms with Gasteiger partial charge in [-0.15, -0.1) is 0 Å². The molecule has 1 amide bonds. The molecule has 20 heavy (non-hydrogen) atoms.